The van der Waals surface area contributed by atoms with Gasteiger partial charge in [0.05, 0.1) is 6.10 Å². The van der Waals surface area contributed by atoms with Gasteiger partial charge in [0.15, 0.2) is 0 Å². The van der Waals surface area contributed by atoms with Crippen molar-refractivity contribution in [2.75, 3.05) is 0 Å². The summed E-state index contributed by atoms with van der Waals surface area (Å²) >= 11 is 0. The van der Waals surface area contributed by atoms with E-state index in [2.05, 4.69) is 61.0 Å². The standard InChI is InChI=1S/C19H32OSi/c1-10-11-18-16(8)12-19(17(18)9)20-21(13(2)3,14(4)5)15(6)7/h1,13-15,19H,8,11-12H2,2-7,9H3. The number of hydrogen-bond acceptors (Lipinski definition) is 1. The normalized spacial score (nSPS) is 20.0. The fraction of sp³-hybridized carbons (Fsp3) is 0.684. The van der Waals surface area contributed by atoms with E-state index in [1.807, 2.05) is 0 Å². The Kier molecular flexibility index (Phi) is 6.08. The van der Waals surface area contributed by atoms with Crippen LogP contribution in [0, 0.1) is 12.3 Å². The van der Waals surface area contributed by atoms with Gasteiger partial charge in [-0.3, -0.25) is 0 Å². The van der Waals surface area contributed by atoms with Crippen LogP contribution in [-0.2, 0) is 4.43 Å². The van der Waals surface area contributed by atoms with E-state index >= 15 is 0 Å². The molecule has 0 aromatic carbocycles. The second-order valence-electron chi connectivity index (χ2n) is 7.27. The van der Waals surface area contributed by atoms with E-state index in [9.17, 15) is 0 Å². The predicted octanol–water partition coefficient (Wildman–Crippen LogP) is 5.85. The van der Waals surface area contributed by atoms with Crippen molar-refractivity contribution in [3.8, 4) is 12.3 Å². The van der Waals surface area contributed by atoms with E-state index in [1.165, 1.54) is 16.7 Å². The monoisotopic (exact) mass is 304 g/mol. The van der Waals surface area contributed by atoms with Gasteiger partial charge >= 0.3 is 0 Å². The van der Waals surface area contributed by atoms with Gasteiger partial charge in [-0.05, 0) is 40.3 Å². The van der Waals surface area contributed by atoms with Crippen molar-refractivity contribution in [1.82, 2.24) is 0 Å². The third kappa shape index (κ3) is 3.35. The van der Waals surface area contributed by atoms with Gasteiger partial charge < -0.3 is 4.43 Å². The van der Waals surface area contributed by atoms with Gasteiger partial charge in [-0.2, -0.15) is 0 Å². The number of terminal acetylenes is 1. The summed E-state index contributed by atoms with van der Waals surface area (Å²) in [5.74, 6) is 2.76. The summed E-state index contributed by atoms with van der Waals surface area (Å²) in [4.78, 5) is 0. The first-order valence-corrected chi connectivity index (χ1v) is 10.3. The molecule has 2 heteroatoms. The molecule has 0 spiro atoms. The molecule has 0 N–H and O–H groups in total. The minimum Gasteiger partial charge on any atom is -0.409 e. The van der Waals surface area contributed by atoms with E-state index in [1.54, 1.807) is 0 Å². The summed E-state index contributed by atoms with van der Waals surface area (Å²) in [5, 5.41) is 0. The Morgan fingerprint density at radius 3 is 2.05 bits per heavy atom. The fourth-order valence-corrected chi connectivity index (χ4v) is 9.69. The van der Waals surface area contributed by atoms with Crippen LogP contribution in [0.15, 0.2) is 23.3 Å². The molecular weight excluding hydrogens is 272 g/mol. The van der Waals surface area contributed by atoms with Crippen LogP contribution in [0.1, 0.15) is 61.3 Å². The van der Waals surface area contributed by atoms with Crippen molar-refractivity contribution in [3.05, 3.63) is 23.3 Å². The van der Waals surface area contributed by atoms with E-state index in [0.717, 1.165) is 6.42 Å². The summed E-state index contributed by atoms with van der Waals surface area (Å²) < 4.78 is 6.89. The zero-order valence-corrected chi connectivity index (χ0v) is 15.9. The van der Waals surface area contributed by atoms with Crippen LogP contribution in [0.25, 0.3) is 0 Å². The van der Waals surface area contributed by atoms with Gasteiger partial charge in [-0.25, -0.2) is 0 Å². The molecule has 0 aromatic heterocycles. The van der Waals surface area contributed by atoms with Crippen LogP contribution < -0.4 is 0 Å². The lowest BCUT2D eigenvalue weighted by Crippen LogP contribution is -2.50. The van der Waals surface area contributed by atoms with Gasteiger partial charge in [-0.15, -0.1) is 12.3 Å². The smallest absolute Gasteiger partial charge is 0.201 e. The lowest BCUT2D eigenvalue weighted by atomic mass is 10.1. The predicted molar refractivity (Wildman–Crippen MR) is 95.8 cm³/mol. The van der Waals surface area contributed by atoms with Crippen molar-refractivity contribution in [2.24, 2.45) is 0 Å². The van der Waals surface area contributed by atoms with Crippen molar-refractivity contribution >= 4 is 8.32 Å². The van der Waals surface area contributed by atoms with Crippen molar-refractivity contribution < 1.29 is 4.43 Å². The molecule has 0 aliphatic heterocycles. The lowest BCUT2D eigenvalue weighted by Gasteiger charge is -2.44. The largest absolute Gasteiger partial charge is 0.409 e. The molecule has 118 valence electrons. The van der Waals surface area contributed by atoms with E-state index in [-0.39, 0.29) is 6.10 Å². The highest BCUT2D eigenvalue weighted by Gasteiger charge is 2.47. The van der Waals surface area contributed by atoms with E-state index in [4.69, 9.17) is 10.8 Å². The molecule has 1 rings (SSSR count). The van der Waals surface area contributed by atoms with Crippen molar-refractivity contribution in [2.45, 2.75) is 84.0 Å². The first-order valence-electron chi connectivity index (χ1n) is 8.17. The molecule has 0 radical (unpaired) electrons. The molecule has 1 atom stereocenters. The third-order valence-electron chi connectivity index (χ3n) is 5.15. The number of rotatable bonds is 6. The average molecular weight is 305 g/mol. The van der Waals surface area contributed by atoms with Gasteiger partial charge in [0.25, 0.3) is 0 Å². The Labute approximate surface area is 133 Å². The molecule has 0 aromatic rings. The van der Waals surface area contributed by atoms with Crippen LogP contribution in [0.2, 0.25) is 16.6 Å². The summed E-state index contributed by atoms with van der Waals surface area (Å²) in [6.45, 7) is 20.4. The first-order chi connectivity index (χ1) is 9.68. The van der Waals surface area contributed by atoms with Crippen LogP contribution in [0.5, 0.6) is 0 Å². The number of allylic oxidation sites excluding steroid dienone is 1. The van der Waals surface area contributed by atoms with Crippen LogP contribution in [0.3, 0.4) is 0 Å². The van der Waals surface area contributed by atoms with Gasteiger partial charge in [-0.1, -0.05) is 48.1 Å². The first kappa shape index (κ1) is 18.3. The maximum absolute atomic E-state index is 6.89. The van der Waals surface area contributed by atoms with Gasteiger partial charge in [0.2, 0.25) is 8.32 Å². The Morgan fingerprint density at radius 1 is 1.19 bits per heavy atom. The fourth-order valence-electron chi connectivity index (χ4n) is 4.12. The second kappa shape index (κ2) is 6.98. The van der Waals surface area contributed by atoms with Crippen molar-refractivity contribution in [3.63, 3.8) is 0 Å². The van der Waals surface area contributed by atoms with Crippen LogP contribution >= 0.6 is 0 Å². The Hall–Kier alpha value is -0.783. The molecular formula is C19H32OSi. The van der Waals surface area contributed by atoms with Gasteiger partial charge in [0.1, 0.15) is 0 Å². The molecule has 0 bridgehead atoms. The second-order valence-corrected chi connectivity index (χ2v) is 12.7. The molecule has 1 aliphatic rings. The minimum atomic E-state index is -1.84. The highest BCUT2D eigenvalue weighted by atomic mass is 28.4. The molecule has 21 heavy (non-hydrogen) atoms. The van der Waals surface area contributed by atoms with E-state index < -0.39 is 8.32 Å². The molecule has 0 heterocycles. The lowest BCUT2D eigenvalue weighted by molar-refractivity contribution is 0.212. The Bertz CT molecular complexity index is 441. The Balaban J connectivity index is 3.13. The SMILES string of the molecule is C#CCC1=C(C)C(O[Si](C(C)C)(C(C)C)C(C)C)CC1=C. The third-order valence-corrected chi connectivity index (χ3v) is 11.3. The van der Waals surface area contributed by atoms with Crippen LogP contribution in [0.4, 0.5) is 0 Å². The van der Waals surface area contributed by atoms with Gasteiger partial charge in [0, 0.05) is 12.8 Å². The summed E-state index contributed by atoms with van der Waals surface area (Å²) in [6.07, 6.45) is 7.29. The minimum absolute atomic E-state index is 0.194. The molecule has 0 saturated carbocycles. The zero-order chi connectivity index (χ0) is 16.4. The quantitative estimate of drug-likeness (QED) is 0.442. The summed E-state index contributed by atoms with van der Waals surface area (Å²) in [5.41, 5.74) is 5.56. The average Bonchev–Trinajstić information content (AvgIpc) is 2.62. The molecule has 1 unspecified atom stereocenters. The highest BCUT2D eigenvalue weighted by Crippen LogP contribution is 2.46. The van der Waals surface area contributed by atoms with E-state index in [0.29, 0.717) is 23.0 Å². The topological polar surface area (TPSA) is 9.23 Å². The number of hydrogen-bond donors (Lipinski definition) is 0. The highest BCUT2D eigenvalue weighted by molar-refractivity contribution is 6.77. The van der Waals surface area contributed by atoms with Crippen molar-refractivity contribution in [1.29, 1.82) is 0 Å². The zero-order valence-electron chi connectivity index (χ0n) is 14.9. The molecule has 0 fully saturated rings. The maximum atomic E-state index is 6.89. The molecule has 1 nitrogen and oxygen atoms in total. The molecule has 0 amide bonds. The Morgan fingerprint density at radius 2 is 1.67 bits per heavy atom. The maximum Gasteiger partial charge on any atom is 0.201 e. The summed E-state index contributed by atoms with van der Waals surface area (Å²) in [7, 11) is -1.84. The van der Waals surface area contributed by atoms with Crippen LogP contribution in [-0.4, -0.2) is 14.4 Å². The summed E-state index contributed by atoms with van der Waals surface area (Å²) in [6, 6.07) is 0. The molecule has 0 saturated heterocycles. The molecule has 1 aliphatic carbocycles.